The Kier molecular flexibility index (Phi) is 2.71. The normalized spacial score (nSPS) is 10.9. The van der Waals surface area contributed by atoms with E-state index in [4.69, 9.17) is 10.5 Å². The van der Waals surface area contributed by atoms with Crippen LogP contribution in [-0.2, 0) is 6.54 Å². The molecule has 2 aromatic rings. The molecule has 0 saturated heterocycles. The van der Waals surface area contributed by atoms with E-state index in [2.05, 4.69) is 27.0 Å². The summed E-state index contributed by atoms with van der Waals surface area (Å²) >= 11 is 3.53. The lowest BCUT2D eigenvalue weighted by molar-refractivity contribution is 0.416. The van der Waals surface area contributed by atoms with Crippen LogP contribution in [0.1, 0.15) is 11.1 Å². The smallest absolute Gasteiger partial charge is 0.142 e. The molecule has 0 spiro atoms. The van der Waals surface area contributed by atoms with Crippen LogP contribution in [0.3, 0.4) is 0 Å². The van der Waals surface area contributed by atoms with Gasteiger partial charge in [0, 0.05) is 23.6 Å². The maximum atomic E-state index is 5.68. The van der Waals surface area contributed by atoms with Gasteiger partial charge in [0.1, 0.15) is 5.75 Å². The number of halogens is 1. The van der Waals surface area contributed by atoms with Crippen molar-refractivity contribution in [3.05, 3.63) is 27.9 Å². The summed E-state index contributed by atoms with van der Waals surface area (Å²) in [5, 5.41) is 1.07. The average molecular weight is 269 g/mol. The first kappa shape index (κ1) is 10.5. The van der Waals surface area contributed by atoms with Gasteiger partial charge in [-0.2, -0.15) is 0 Å². The maximum Gasteiger partial charge on any atom is 0.142 e. The predicted octanol–water partition coefficient (Wildman–Crippen LogP) is 2.71. The number of hydrogen-bond acceptors (Lipinski definition) is 2. The monoisotopic (exact) mass is 268 g/mol. The topological polar surface area (TPSA) is 51.0 Å². The zero-order valence-corrected chi connectivity index (χ0v) is 10.3. The van der Waals surface area contributed by atoms with Gasteiger partial charge in [-0.25, -0.2) is 0 Å². The Morgan fingerprint density at radius 1 is 1.53 bits per heavy atom. The number of methoxy groups -OCH3 is 1. The zero-order valence-electron chi connectivity index (χ0n) is 8.73. The minimum Gasteiger partial charge on any atom is -0.495 e. The number of nitrogens with one attached hydrogen (secondary N) is 1. The Labute approximate surface area is 96.7 Å². The third-order valence-electron chi connectivity index (χ3n) is 2.55. The maximum absolute atomic E-state index is 5.68. The van der Waals surface area contributed by atoms with Gasteiger partial charge < -0.3 is 15.5 Å². The standard InChI is InChI=1S/C11H13BrN2O/c1-6-3-8-9(7(4-13)5-14-8)11(15-2)10(6)12/h3,5,14H,4,13H2,1-2H3. The average Bonchev–Trinajstić information content (AvgIpc) is 2.62. The van der Waals surface area contributed by atoms with E-state index in [1.165, 1.54) is 0 Å². The molecule has 0 aliphatic rings. The summed E-state index contributed by atoms with van der Waals surface area (Å²) in [5.41, 5.74) is 8.96. The van der Waals surface area contributed by atoms with E-state index in [9.17, 15) is 0 Å². The number of aromatic amines is 1. The van der Waals surface area contributed by atoms with E-state index in [-0.39, 0.29) is 0 Å². The molecule has 0 fully saturated rings. The largest absolute Gasteiger partial charge is 0.495 e. The molecule has 0 saturated carbocycles. The number of aryl methyl sites for hydroxylation is 1. The van der Waals surface area contributed by atoms with Crippen molar-refractivity contribution in [2.45, 2.75) is 13.5 Å². The van der Waals surface area contributed by atoms with Crippen molar-refractivity contribution < 1.29 is 4.74 Å². The van der Waals surface area contributed by atoms with Crippen LogP contribution < -0.4 is 10.5 Å². The van der Waals surface area contributed by atoms with Crippen molar-refractivity contribution in [2.75, 3.05) is 7.11 Å². The summed E-state index contributed by atoms with van der Waals surface area (Å²) in [6.07, 6.45) is 1.93. The van der Waals surface area contributed by atoms with E-state index in [1.54, 1.807) is 7.11 Å². The molecule has 0 aliphatic heterocycles. The highest BCUT2D eigenvalue weighted by molar-refractivity contribution is 9.10. The van der Waals surface area contributed by atoms with Gasteiger partial charge in [0.05, 0.1) is 11.6 Å². The molecule has 3 N–H and O–H groups in total. The lowest BCUT2D eigenvalue weighted by atomic mass is 10.1. The second kappa shape index (κ2) is 3.87. The molecule has 0 aliphatic carbocycles. The molecule has 1 aromatic carbocycles. The summed E-state index contributed by atoms with van der Waals surface area (Å²) in [6, 6.07) is 2.08. The first-order chi connectivity index (χ1) is 7.19. The fourth-order valence-corrected chi connectivity index (χ4v) is 2.26. The third kappa shape index (κ3) is 1.54. The molecule has 0 bridgehead atoms. The van der Waals surface area contributed by atoms with Crippen LogP contribution in [0.5, 0.6) is 5.75 Å². The Morgan fingerprint density at radius 3 is 2.87 bits per heavy atom. The first-order valence-corrected chi connectivity index (χ1v) is 5.51. The number of ether oxygens (including phenoxy) is 1. The molecule has 80 valence electrons. The lowest BCUT2D eigenvalue weighted by Crippen LogP contribution is -1.96. The first-order valence-electron chi connectivity index (χ1n) is 4.72. The molecule has 1 aromatic heterocycles. The molecule has 15 heavy (non-hydrogen) atoms. The van der Waals surface area contributed by atoms with Gasteiger partial charge in [-0.1, -0.05) is 0 Å². The van der Waals surface area contributed by atoms with Crippen LogP contribution in [0.15, 0.2) is 16.7 Å². The molecule has 4 heteroatoms. The van der Waals surface area contributed by atoms with Gasteiger partial charge in [0.15, 0.2) is 0 Å². The van der Waals surface area contributed by atoms with Crippen LogP contribution in [0, 0.1) is 6.92 Å². The van der Waals surface area contributed by atoms with Crippen molar-refractivity contribution in [1.29, 1.82) is 0 Å². The highest BCUT2D eigenvalue weighted by atomic mass is 79.9. The van der Waals surface area contributed by atoms with Crippen molar-refractivity contribution >= 4 is 26.8 Å². The quantitative estimate of drug-likeness (QED) is 0.880. The van der Waals surface area contributed by atoms with Crippen LogP contribution in [0.25, 0.3) is 10.9 Å². The van der Waals surface area contributed by atoms with E-state index in [1.807, 2.05) is 13.1 Å². The van der Waals surface area contributed by atoms with Crippen LogP contribution in [-0.4, -0.2) is 12.1 Å². The molecular formula is C11H13BrN2O. The minimum atomic E-state index is 0.506. The van der Waals surface area contributed by atoms with Crippen molar-refractivity contribution in [3.8, 4) is 5.75 Å². The molecule has 0 unspecified atom stereocenters. The summed E-state index contributed by atoms with van der Waals surface area (Å²) in [6.45, 7) is 2.54. The number of rotatable bonds is 2. The Bertz CT molecular complexity index is 505. The second-order valence-electron chi connectivity index (χ2n) is 3.48. The van der Waals surface area contributed by atoms with Crippen molar-refractivity contribution in [1.82, 2.24) is 4.98 Å². The zero-order chi connectivity index (χ0) is 11.0. The van der Waals surface area contributed by atoms with Gasteiger partial charge in [0.2, 0.25) is 0 Å². The van der Waals surface area contributed by atoms with Crippen LogP contribution in [0.2, 0.25) is 0 Å². The van der Waals surface area contributed by atoms with Gasteiger partial charge in [-0.15, -0.1) is 0 Å². The van der Waals surface area contributed by atoms with E-state index in [0.29, 0.717) is 6.54 Å². The fraction of sp³-hybridized carbons (Fsp3) is 0.273. The number of nitrogens with two attached hydrogens (primary N) is 1. The molecule has 0 atom stereocenters. The lowest BCUT2D eigenvalue weighted by Gasteiger charge is -2.09. The molecule has 0 radical (unpaired) electrons. The molecule has 3 nitrogen and oxygen atoms in total. The second-order valence-corrected chi connectivity index (χ2v) is 4.27. The molecule has 1 heterocycles. The van der Waals surface area contributed by atoms with Gasteiger partial charge >= 0.3 is 0 Å². The Morgan fingerprint density at radius 2 is 2.27 bits per heavy atom. The number of aromatic nitrogens is 1. The van der Waals surface area contributed by atoms with Crippen LogP contribution in [0.4, 0.5) is 0 Å². The SMILES string of the molecule is COc1c(Br)c(C)cc2[nH]cc(CN)c12. The summed E-state index contributed by atoms with van der Waals surface area (Å²) in [4.78, 5) is 3.20. The summed E-state index contributed by atoms with van der Waals surface area (Å²) in [7, 11) is 1.67. The number of H-pyrrole nitrogens is 1. The van der Waals surface area contributed by atoms with Crippen LogP contribution >= 0.6 is 15.9 Å². The van der Waals surface area contributed by atoms with E-state index >= 15 is 0 Å². The number of benzene rings is 1. The summed E-state index contributed by atoms with van der Waals surface area (Å²) < 4.78 is 6.41. The van der Waals surface area contributed by atoms with E-state index in [0.717, 1.165) is 32.3 Å². The summed E-state index contributed by atoms with van der Waals surface area (Å²) in [5.74, 6) is 0.853. The molecule has 2 rings (SSSR count). The molecular weight excluding hydrogens is 256 g/mol. The highest BCUT2D eigenvalue weighted by Gasteiger charge is 2.13. The Balaban J connectivity index is 2.86. The number of hydrogen-bond donors (Lipinski definition) is 2. The predicted molar refractivity (Wildman–Crippen MR) is 65.2 cm³/mol. The molecule has 0 amide bonds. The van der Waals surface area contributed by atoms with Crippen molar-refractivity contribution in [3.63, 3.8) is 0 Å². The number of fused-ring (bicyclic) bond motifs is 1. The van der Waals surface area contributed by atoms with Gasteiger partial charge in [-0.05, 0) is 40.0 Å². The third-order valence-corrected chi connectivity index (χ3v) is 3.54. The van der Waals surface area contributed by atoms with E-state index < -0.39 is 0 Å². The van der Waals surface area contributed by atoms with Gasteiger partial charge in [-0.3, -0.25) is 0 Å². The van der Waals surface area contributed by atoms with Crippen molar-refractivity contribution in [2.24, 2.45) is 5.73 Å². The van der Waals surface area contributed by atoms with Gasteiger partial charge in [0.25, 0.3) is 0 Å². The Hall–Kier alpha value is -1.00. The fourth-order valence-electron chi connectivity index (χ4n) is 1.79. The highest BCUT2D eigenvalue weighted by Crippen LogP contribution is 2.37. The minimum absolute atomic E-state index is 0.506.